The van der Waals surface area contributed by atoms with E-state index in [1.807, 2.05) is 18.3 Å². The van der Waals surface area contributed by atoms with Crippen LogP contribution in [-0.2, 0) is 6.42 Å². The summed E-state index contributed by atoms with van der Waals surface area (Å²) in [7, 11) is 0. The van der Waals surface area contributed by atoms with E-state index in [0.29, 0.717) is 11.5 Å². The molecule has 0 amide bonds. The largest absolute Gasteiger partial charge is 0.256 e. The number of unbranched alkanes of at least 4 members (excludes halogenated alkanes) is 7. The SMILES string of the molecule is CCCCCCCC1CCC(c2ccc(-c3ccc(CCCCCC)cc3F)nc2)CC1. The smallest absolute Gasteiger partial charge is 0.132 e. The number of hydrogen-bond acceptors (Lipinski definition) is 1. The zero-order chi connectivity index (χ0) is 22.6. The van der Waals surface area contributed by atoms with Gasteiger partial charge < -0.3 is 0 Å². The van der Waals surface area contributed by atoms with Crippen LogP contribution in [0.3, 0.4) is 0 Å². The van der Waals surface area contributed by atoms with E-state index in [4.69, 9.17) is 0 Å². The van der Waals surface area contributed by atoms with Crippen molar-refractivity contribution in [1.29, 1.82) is 0 Å². The zero-order valence-electron chi connectivity index (χ0n) is 20.6. The fraction of sp³-hybridized carbons (Fsp3) is 0.633. The molecule has 0 atom stereocenters. The Kier molecular flexibility index (Phi) is 10.7. The number of pyridine rings is 1. The predicted molar refractivity (Wildman–Crippen MR) is 136 cm³/mol. The van der Waals surface area contributed by atoms with Gasteiger partial charge in [0.2, 0.25) is 0 Å². The Morgan fingerprint density at radius 3 is 2.19 bits per heavy atom. The number of hydrogen-bond donors (Lipinski definition) is 0. The molecule has 1 saturated carbocycles. The molecule has 32 heavy (non-hydrogen) atoms. The van der Waals surface area contributed by atoms with Crippen molar-refractivity contribution < 1.29 is 4.39 Å². The lowest BCUT2D eigenvalue weighted by Crippen LogP contribution is -2.13. The maximum atomic E-state index is 14.7. The van der Waals surface area contributed by atoms with E-state index in [1.165, 1.54) is 89.0 Å². The van der Waals surface area contributed by atoms with E-state index in [2.05, 4.69) is 31.0 Å². The van der Waals surface area contributed by atoms with Gasteiger partial charge in [0.05, 0.1) is 5.69 Å². The predicted octanol–water partition coefficient (Wildman–Crippen LogP) is 9.64. The minimum absolute atomic E-state index is 0.141. The average Bonchev–Trinajstić information content (AvgIpc) is 2.82. The summed E-state index contributed by atoms with van der Waals surface area (Å²) in [5.74, 6) is 1.41. The van der Waals surface area contributed by atoms with Crippen LogP contribution >= 0.6 is 0 Å². The number of benzene rings is 1. The van der Waals surface area contributed by atoms with Crippen LogP contribution < -0.4 is 0 Å². The van der Waals surface area contributed by atoms with Gasteiger partial charge in [-0.15, -0.1) is 0 Å². The van der Waals surface area contributed by atoms with Gasteiger partial charge in [-0.3, -0.25) is 4.98 Å². The normalized spacial score (nSPS) is 18.7. The van der Waals surface area contributed by atoms with Gasteiger partial charge in [0.25, 0.3) is 0 Å². The molecule has 2 heteroatoms. The third-order valence-electron chi connectivity index (χ3n) is 7.45. The van der Waals surface area contributed by atoms with Crippen LogP contribution in [0.5, 0.6) is 0 Å². The summed E-state index contributed by atoms with van der Waals surface area (Å²) in [6, 6.07) is 9.91. The molecule has 2 aromatic rings. The second-order valence-corrected chi connectivity index (χ2v) is 10.0. The Bertz CT molecular complexity index is 774. The van der Waals surface area contributed by atoms with E-state index in [-0.39, 0.29) is 5.82 Å². The monoisotopic (exact) mass is 437 g/mol. The Hall–Kier alpha value is -1.70. The van der Waals surface area contributed by atoms with Crippen molar-refractivity contribution in [3.63, 3.8) is 0 Å². The topological polar surface area (TPSA) is 12.9 Å². The Morgan fingerprint density at radius 1 is 0.812 bits per heavy atom. The third kappa shape index (κ3) is 7.71. The van der Waals surface area contributed by atoms with Crippen LogP contribution in [0, 0.1) is 11.7 Å². The molecule has 1 heterocycles. The zero-order valence-corrected chi connectivity index (χ0v) is 20.6. The lowest BCUT2D eigenvalue weighted by Gasteiger charge is -2.28. The molecule has 1 aliphatic carbocycles. The van der Waals surface area contributed by atoms with Gasteiger partial charge in [-0.1, -0.05) is 83.8 Å². The second kappa shape index (κ2) is 13.8. The van der Waals surface area contributed by atoms with Gasteiger partial charge in [0, 0.05) is 11.8 Å². The summed E-state index contributed by atoms with van der Waals surface area (Å²) < 4.78 is 14.7. The van der Waals surface area contributed by atoms with Crippen LogP contribution in [0.25, 0.3) is 11.3 Å². The molecule has 0 radical (unpaired) electrons. The van der Waals surface area contributed by atoms with Gasteiger partial charge in [-0.2, -0.15) is 0 Å². The fourth-order valence-electron chi connectivity index (χ4n) is 5.30. The summed E-state index contributed by atoms with van der Waals surface area (Å²) in [6.07, 6.45) is 21.5. The highest BCUT2D eigenvalue weighted by atomic mass is 19.1. The summed E-state index contributed by atoms with van der Waals surface area (Å²) in [5.41, 5.74) is 3.81. The molecule has 0 unspecified atom stereocenters. The minimum atomic E-state index is -0.141. The number of rotatable bonds is 13. The second-order valence-electron chi connectivity index (χ2n) is 10.0. The van der Waals surface area contributed by atoms with E-state index in [0.717, 1.165) is 30.0 Å². The maximum absolute atomic E-state index is 14.7. The lowest BCUT2D eigenvalue weighted by molar-refractivity contribution is 0.301. The Balaban J connectivity index is 1.48. The highest BCUT2D eigenvalue weighted by Crippen LogP contribution is 2.38. The van der Waals surface area contributed by atoms with E-state index in [1.54, 1.807) is 6.07 Å². The average molecular weight is 438 g/mol. The lowest BCUT2D eigenvalue weighted by atomic mass is 9.77. The molecule has 1 nitrogen and oxygen atoms in total. The van der Waals surface area contributed by atoms with Gasteiger partial charge >= 0.3 is 0 Å². The molecule has 0 aliphatic heterocycles. The number of aromatic nitrogens is 1. The molecule has 0 saturated heterocycles. The number of aryl methyl sites for hydroxylation is 1. The molecule has 0 N–H and O–H groups in total. The summed E-state index contributed by atoms with van der Waals surface area (Å²) in [4.78, 5) is 4.66. The Morgan fingerprint density at radius 2 is 1.53 bits per heavy atom. The summed E-state index contributed by atoms with van der Waals surface area (Å²) >= 11 is 0. The molecule has 1 aromatic heterocycles. The maximum Gasteiger partial charge on any atom is 0.132 e. The van der Waals surface area contributed by atoms with Crippen molar-refractivity contribution >= 4 is 0 Å². The minimum Gasteiger partial charge on any atom is -0.256 e. The molecule has 176 valence electrons. The summed E-state index contributed by atoms with van der Waals surface area (Å²) in [5, 5.41) is 0. The van der Waals surface area contributed by atoms with Crippen molar-refractivity contribution in [1.82, 2.24) is 4.98 Å². The van der Waals surface area contributed by atoms with Crippen molar-refractivity contribution in [3.8, 4) is 11.3 Å². The Labute approximate surface area is 196 Å². The van der Waals surface area contributed by atoms with Gasteiger partial charge in [0.15, 0.2) is 0 Å². The first kappa shape index (κ1) is 24.9. The number of nitrogens with zero attached hydrogens (tertiary/aromatic N) is 1. The van der Waals surface area contributed by atoms with Crippen LogP contribution in [0.1, 0.15) is 121 Å². The first-order chi connectivity index (χ1) is 15.7. The van der Waals surface area contributed by atoms with Crippen LogP contribution in [-0.4, -0.2) is 4.98 Å². The van der Waals surface area contributed by atoms with Crippen molar-refractivity contribution in [2.24, 2.45) is 5.92 Å². The number of halogens is 1. The van der Waals surface area contributed by atoms with E-state index >= 15 is 0 Å². The molecule has 3 rings (SSSR count). The first-order valence-electron chi connectivity index (χ1n) is 13.5. The van der Waals surface area contributed by atoms with Crippen molar-refractivity contribution in [2.75, 3.05) is 0 Å². The van der Waals surface area contributed by atoms with Crippen LogP contribution in [0.4, 0.5) is 4.39 Å². The molecular weight excluding hydrogens is 393 g/mol. The van der Waals surface area contributed by atoms with E-state index in [9.17, 15) is 4.39 Å². The molecule has 1 fully saturated rings. The first-order valence-corrected chi connectivity index (χ1v) is 13.5. The molecule has 0 spiro atoms. The van der Waals surface area contributed by atoms with Crippen LogP contribution in [0.15, 0.2) is 36.5 Å². The quantitative estimate of drug-likeness (QED) is 0.284. The van der Waals surface area contributed by atoms with E-state index < -0.39 is 0 Å². The van der Waals surface area contributed by atoms with Gasteiger partial charge in [-0.25, -0.2) is 4.39 Å². The van der Waals surface area contributed by atoms with Gasteiger partial charge in [-0.05, 0) is 79.7 Å². The highest BCUT2D eigenvalue weighted by Gasteiger charge is 2.22. The van der Waals surface area contributed by atoms with Crippen molar-refractivity contribution in [3.05, 3.63) is 53.5 Å². The highest BCUT2D eigenvalue weighted by molar-refractivity contribution is 5.60. The molecule has 1 aromatic carbocycles. The van der Waals surface area contributed by atoms with Crippen LogP contribution in [0.2, 0.25) is 0 Å². The molecular formula is C30H44FN. The fourth-order valence-corrected chi connectivity index (χ4v) is 5.30. The standard InChI is InChI=1S/C30H44FN/c1-3-5-7-9-11-12-24-14-17-26(18-15-24)27-19-21-30(32-23-27)28-20-16-25(22-29(28)31)13-10-8-6-4-2/h16,19-24,26H,3-15,17-18H2,1-2H3. The third-order valence-corrected chi connectivity index (χ3v) is 7.45. The van der Waals surface area contributed by atoms with Gasteiger partial charge in [0.1, 0.15) is 5.82 Å². The van der Waals surface area contributed by atoms with Crippen molar-refractivity contribution in [2.45, 2.75) is 116 Å². The molecule has 0 bridgehead atoms. The summed E-state index contributed by atoms with van der Waals surface area (Å²) in [6.45, 7) is 4.50. The molecule has 1 aliphatic rings.